The van der Waals surface area contributed by atoms with Crippen molar-refractivity contribution < 1.29 is 4.39 Å². The second-order valence-electron chi connectivity index (χ2n) is 9.47. The van der Waals surface area contributed by atoms with E-state index in [4.69, 9.17) is 11.6 Å². The van der Waals surface area contributed by atoms with Crippen molar-refractivity contribution in [2.45, 2.75) is 32.0 Å². The van der Waals surface area contributed by atoms with Gasteiger partial charge in [0.05, 0.1) is 22.9 Å². The van der Waals surface area contributed by atoms with Crippen LogP contribution in [0.15, 0.2) is 65.6 Å². The molecule has 1 aliphatic heterocycles. The summed E-state index contributed by atoms with van der Waals surface area (Å²) in [4.78, 5) is 26.2. The van der Waals surface area contributed by atoms with Crippen LogP contribution >= 0.6 is 11.6 Å². The highest BCUT2D eigenvalue weighted by Gasteiger charge is 2.37. The number of halogens is 2. The van der Waals surface area contributed by atoms with Gasteiger partial charge in [-0.25, -0.2) is 9.37 Å². The number of nitrogens with zero attached hydrogens (tertiary/aromatic N) is 6. The van der Waals surface area contributed by atoms with Crippen LogP contribution in [0.5, 0.6) is 0 Å². The fourth-order valence-corrected chi connectivity index (χ4v) is 5.32. The van der Waals surface area contributed by atoms with E-state index in [1.807, 2.05) is 12.1 Å². The maximum atomic E-state index is 15.1. The van der Waals surface area contributed by atoms with Gasteiger partial charge in [0.15, 0.2) is 0 Å². The Labute approximate surface area is 219 Å². The minimum absolute atomic E-state index is 0.0310. The molecule has 37 heavy (non-hydrogen) atoms. The van der Waals surface area contributed by atoms with E-state index in [9.17, 15) is 10.1 Å². The summed E-state index contributed by atoms with van der Waals surface area (Å²) in [6, 6.07) is 17.0. The van der Waals surface area contributed by atoms with Crippen molar-refractivity contribution in [1.29, 1.82) is 5.26 Å². The summed E-state index contributed by atoms with van der Waals surface area (Å²) in [6.45, 7) is 5.31. The van der Waals surface area contributed by atoms with Gasteiger partial charge in [0.2, 0.25) is 0 Å². The minimum atomic E-state index is -0.415. The maximum absolute atomic E-state index is 15.1. The third-order valence-electron chi connectivity index (χ3n) is 7.09. The minimum Gasteiger partial charge on any atom is -0.364 e. The molecule has 0 spiro atoms. The predicted octanol–water partition coefficient (Wildman–Crippen LogP) is 4.68. The molecule has 3 atom stereocenters. The molecule has 1 aromatic carbocycles. The first-order chi connectivity index (χ1) is 17.8. The zero-order chi connectivity index (χ0) is 26.3. The van der Waals surface area contributed by atoms with Crippen molar-refractivity contribution in [3.05, 3.63) is 98.9 Å². The van der Waals surface area contributed by atoms with Crippen LogP contribution in [-0.4, -0.2) is 44.6 Å². The first-order valence-electron chi connectivity index (χ1n) is 12.1. The maximum Gasteiger partial charge on any atom is 0.252 e. The fourth-order valence-electron chi connectivity index (χ4n) is 5.19. The Kier molecular flexibility index (Phi) is 6.67. The Bertz CT molecular complexity index is 1560. The van der Waals surface area contributed by atoms with Crippen LogP contribution in [0.2, 0.25) is 5.02 Å². The van der Waals surface area contributed by atoms with Crippen LogP contribution in [0, 0.1) is 17.1 Å². The summed E-state index contributed by atoms with van der Waals surface area (Å²) >= 11 is 6.15. The highest BCUT2D eigenvalue weighted by Crippen LogP contribution is 2.36. The molecule has 9 heteroatoms. The summed E-state index contributed by atoms with van der Waals surface area (Å²) in [5.74, 6) is -0.365. The van der Waals surface area contributed by atoms with E-state index in [2.05, 4.69) is 39.7 Å². The number of hydrogen-bond donors (Lipinski definition) is 0. The lowest BCUT2D eigenvalue weighted by Gasteiger charge is -2.48. The molecule has 0 aliphatic carbocycles. The SMILES string of the molecule is C[C@@H]1CN(c2cc(=O)n(C)c3ccc(C#N)nc23)[C@@H](C)CN1C(c1ccc(Cl)cc1)c1ncccc1F. The van der Waals surface area contributed by atoms with Crippen molar-refractivity contribution in [3.63, 3.8) is 0 Å². The molecule has 3 aromatic heterocycles. The van der Waals surface area contributed by atoms with Crippen LogP contribution in [0.1, 0.15) is 36.8 Å². The van der Waals surface area contributed by atoms with Crippen LogP contribution in [-0.2, 0) is 7.05 Å². The van der Waals surface area contributed by atoms with Gasteiger partial charge in [-0.1, -0.05) is 23.7 Å². The van der Waals surface area contributed by atoms with Gasteiger partial charge < -0.3 is 9.47 Å². The van der Waals surface area contributed by atoms with Crippen molar-refractivity contribution in [3.8, 4) is 6.07 Å². The zero-order valence-corrected chi connectivity index (χ0v) is 21.5. The predicted molar refractivity (Wildman–Crippen MR) is 142 cm³/mol. The molecular weight excluding hydrogens is 491 g/mol. The van der Waals surface area contributed by atoms with Gasteiger partial charge in [-0.15, -0.1) is 0 Å². The molecule has 0 radical (unpaired) electrons. The Morgan fingerprint density at radius 1 is 1.11 bits per heavy atom. The number of piperazine rings is 1. The van der Waals surface area contributed by atoms with Crippen LogP contribution < -0.4 is 10.5 Å². The summed E-state index contributed by atoms with van der Waals surface area (Å²) < 4.78 is 16.6. The van der Waals surface area contributed by atoms with E-state index < -0.39 is 6.04 Å². The van der Waals surface area contributed by atoms with Crippen molar-refractivity contribution in [1.82, 2.24) is 19.4 Å². The Balaban J connectivity index is 1.57. The van der Waals surface area contributed by atoms with Crippen molar-refractivity contribution in [2.75, 3.05) is 18.0 Å². The normalized spacial score (nSPS) is 19.1. The molecule has 5 rings (SSSR count). The molecule has 4 aromatic rings. The molecule has 1 aliphatic rings. The lowest BCUT2D eigenvalue weighted by atomic mass is 9.96. The third-order valence-corrected chi connectivity index (χ3v) is 7.34. The lowest BCUT2D eigenvalue weighted by molar-refractivity contribution is 0.125. The van der Waals surface area contributed by atoms with E-state index in [0.29, 0.717) is 46.2 Å². The Morgan fingerprint density at radius 3 is 2.57 bits per heavy atom. The van der Waals surface area contributed by atoms with E-state index in [1.54, 1.807) is 49.6 Å². The van der Waals surface area contributed by atoms with E-state index in [0.717, 1.165) is 5.56 Å². The van der Waals surface area contributed by atoms with Crippen LogP contribution in [0.25, 0.3) is 11.0 Å². The molecule has 1 saturated heterocycles. The lowest BCUT2D eigenvalue weighted by Crippen LogP contribution is -2.58. The molecule has 0 bridgehead atoms. The molecule has 0 amide bonds. The first-order valence-corrected chi connectivity index (χ1v) is 12.5. The number of fused-ring (bicyclic) bond motifs is 1. The summed E-state index contributed by atoms with van der Waals surface area (Å²) in [6.07, 6.45) is 1.61. The number of nitriles is 1. The smallest absolute Gasteiger partial charge is 0.252 e. The van der Waals surface area contributed by atoms with Crippen LogP contribution in [0.3, 0.4) is 0 Å². The van der Waals surface area contributed by atoms with E-state index in [1.165, 1.54) is 10.6 Å². The number of rotatable bonds is 4. The highest BCUT2D eigenvalue weighted by molar-refractivity contribution is 6.30. The van der Waals surface area contributed by atoms with Gasteiger partial charge in [0, 0.05) is 49.5 Å². The Morgan fingerprint density at radius 2 is 1.86 bits per heavy atom. The number of hydrogen-bond acceptors (Lipinski definition) is 6. The van der Waals surface area contributed by atoms with Crippen molar-refractivity contribution >= 4 is 28.3 Å². The summed E-state index contributed by atoms with van der Waals surface area (Å²) in [5.41, 5.74) is 3.37. The molecule has 0 saturated carbocycles. The van der Waals surface area contributed by atoms with Crippen LogP contribution in [0.4, 0.5) is 10.1 Å². The zero-order valence-electron chi connectivity index (χ0n) is 20.8. The average Bonchev–Trinajstić information content (AvgIpc) is 2.90. The molecule has 0 N–H and O–H groups in total. The fraction of sp³-hybridized carbons (Fsp3) is 0.286. The van der Waals surface area contributed by atoms with Gasteiger partial charge in [-0.05, 0) is 55.8 Å². The Hall–Kier alpha value is -3.80. The van der Waals surface area contributed by atoms with E-state index in [-0.39, 0.29) is 23.5 Å². The summed E-state index contributed by atoms with van der Waals surface area (Å²) in [5, 5.41) is 10.0. The first kappa shape index (κ1) is 24.9. The molecule has 4 heterocycles. The monoisotopic (exact) mass is 516 g/mol. The standard InChI is InChI=1S/C28H26ClFN6O/c1-17-16-36(28(19-6-8-20(29)9-7-19)26-22(30)5-4-12-32-26)18(2)15-35(17)24-13-25(37)34(3)23-11-10-21(14-31)33-27(23)24/h4-13,17-18,28H,15-16H2,1-3H3/t17-,18+,28?/m0/s1. The molecule has 7 nitrogen and oxygen atoms in total. The van der Waals surface area contributed by atoms with Crippen molar-refractivity contribution in [2.24, 2.45) is 7.05 Å². The molecular formula is C28H26ClFN6O. The number of aromatic nitrogens is 3. The quantitative estimate of drug-likeness (QED) is 0.392. The summed E-state index contributed by atoms with van der Waals surface area (Å²) in [7, 11) is 1.70. The molecule has 1 fully saturated rings. The largest absolute Gasteiger partial charge is 0.364 e. The second kappa shape index (κ2) is 9.92. The second-order valence-corrected chi connectivity index (χ2v) is 9.91. The average molecular weight is 517 g/mol. The number of aryl methyl sites for hydroxylation is 1. The highest BCUT2D eigenvalue weighted by atomic mass is 35.5. The van der Waals surface area contributed by atoms with Gasteiger partial charge in [0.1, 0.15) is 23.1 Å². The van der Waals surface area contributed by atoms with Gasteiger partial charge >= 0.3 is 0 Å². The van der Waals surface area contributed by atoms with Gasteiger partial charge in [-0.3, -0.25) is 14.7 Å². The van der Waals surface area contributed by atoms with Gasteiger partial charge in [0.25, 0.3) is 5.56 Å². The molecule has 188 valence electrons. The number of anilines is 1. The van der Waals surface area contributed by atoms with Gasteiger partial charge in [-0.2, -0.15) is 5.26 Å². The molecule has 1 unspecified atom stereocenters. The number of benzene rings is 1. The third kappa shape index (κ3) is 4.57. The van der Waals surface area contributed by atoms with E-state index >= 15 is 4.39 Å². The number of pyridine rings is 3. The topological polar surface area (TPSA) is 78.0 Å².